The highest BCUT2D eigenvalue weighted by atomic mass is 32.1. The van der Waals surface area contributed by atoms with Gasteiger partial charge in [-0.25, -0.2) is 4.98 Å². The van der Waals surface area contributed by atoms with Gasteiger partial charge in [-0.1, -0.05) is 24.3 Å². The second-order valence-corrected chi connectivity index (χ2v) is 6.80. The number of anilines is 1. The van der Waals surface area contributed by atoms with Gasteiger partial charge in [0, 0.05) is 17.5 Å². The Morgan fingerprint density at radius 3 is 2.64 bits per heavy atom. The van der Waals surface area contributed by atoms with Crippen LogP contribution >= 0.6 is 11.3 Å². The van der Waals surface area contributed by atoms with Crippen molar-refractivity contribution in [3.8, 4) is 5.75 Å². The number of carbonyl (C=O) groups is 1. The first-order chi connectivity index (χ1) is 12.1. The van der Waals surface area contributed by atoms with Gasteiger partial charge in [0.05, 0.1) is 12.1 Å². The lowest BCUT2D eigenvalue weighted by atomic mass is 10.1. The van der Waals surface area contributed by atoms with Crippen molar-refractivity contribution in [1.82, 2.24) is 4.98 Å². The van der Waals surface area contributed by atoms with Crippen LogP contribution in [0.3, 0.4) is 0 Å². The summed E-state index contributed by atoms with van der Waals surface area (Å²) in [6, 6.07) is 13.8. The molecule has 128 valence electrons. The van der Waals surface area contributed by atoms with Crippen molar-refractivity contribution in [3.63, 3.8) is 0 Å². The van der Waals surface area contributed by atoms with E-state index >= 15 is 0 Å². The molecule has 0 bridgehead atoms. The third-order valence-electron chi connectivity index (χ3n) is 4.15. The minimum Gasteiger partial charge on any atom is -0.497 e. The predicted octanol–water partition coefficient (Wildman–Crippen LogP) is 4.61. The molecule has 0 fully saturated rings. The standard InChI is InChI=1S/C20H20N2O2S/c1-13-5-4-6-17(14(13)2)22-20(23)18-12-25-19(21-18)11-15-7-9-16(24-3)10-8-15/h4-10,12H,11H2,1-3H3,(H,22,23). The maximum absolute atomic E-state index is 12.4. The first-order valence-corrected chi connectivity index (χ1v) is 8.89. The predicted molar refractivity (Wildman–Crippen MR) is 102 cm³/mol. The molecule has 4 nitrogen and oxygen atoms in total. The summed E-state index contributed by atoms with van der Waals surface area (Å²) in [5.41, 5.74) is 4.64. The average molecular weight is 352 g/mol. The summed E-state index contributed by atoms with van der Waals surface area (Å²) in [7, 11) is 1.65. The number of aromatic nitrogens is 1. The zero-order valence-corrected chi connectivity index (χ0v) is 15.3. The van der Waals surface area contributed by atoms with Gasteiger partial charge in [0.15, 0.2) is 0 Å². The number of benzene rings is 2. The minimum absolute atomic E-state index is 0.175. The van der Waals surface area contributed by atoms with Gasteiger partial charge in [0.2, 0.25) is 0 Å². The molecule has 1 heterocycles. The van der Waals surface area contributed by atoms with Crippen LogP contribution in [0.2, 0.25) is 0 Å². The van der Waals surface area contributed by atoms with E-state index in [1.807, 2.05) is 56.3 Å². The number of hydrogen-bond acceptors (Lipinski definition) is 4. The van der Waals surface area contributed by atoms with Gasteiger partial charge in [-0.2, -0.15) is 0 Å². The number of thiazole rings is 1. The Bertz CT molecular complexity index is 885. The molecule has 0 saturated carbocycles. The molecular formula is C20H20N2O2S. The number of amides is 1. The van der Waals surface area contributed by atoms with Crippen LogP contribution in [-0.4, -0.2) is 18.0 Å². The minimum atomic E-state index is -0.175. The van der Waals surface area contributed by atoms with Crippen LogP contribution in [0.1, 0.15) is 32.2 Å². The van der Waals surface area contributed by atoms with Gasteiger partial charge < -0.3 is 10.1 Å². The maximum Gasteiger partial charge on any atom is 0.275 e. The van der Waals surface area contributed by atoms with Crippen molar-refractivity contribution in [2.45, 2.75) is 20.3 Å². The van der Waals surface area contributed by atoms with Crippen molar-refractivity contribution in [2.24, 2.45) is 0 Å². The Kier molecular flexibility index (Phi) is 5.14. The number of aryl methyl sites for hydroxylation is 1. The smallest absolute Gasteiger partial charge is 0.275 e. The molecule has 3 rings (SSSR count). The molecule has 1 amide bonds. The lowest BCUT2D eigenvalue weighted by Crippen LogP contribution is -2.13. The summed E-state index contributed by atoms with van der Waals surface area (Å²) in [6.45, 7) is 4.03. The summed E-state index contributed by atoms with van der Waals surface area (Å²) in [6.07, 6.45) is 0.700. The molecule has 5 heteroatoms. The van der Waals surface area contributed by atoms with E-state index in [0.29, 0.717) is 12.1 Å². The van der Waals surface area contributed by atoms with Gasteiger partial charge >= 0.3 is 0 Å². The summed E-state index contributed by atoms with van der Waals surface area (Å²) in [5, 5.41) is 5.67. The van der Waals surface area contributed by atoms with Crippen molar-refractivity contribution < 1.29 is 9.53 Å². The fraction of sp³-hybridized carbons (Fsp3) is 0.200. The van der Waals surface area contributed by atoms with Crippen molar-refractivity contribution in [2.75, 3.05) is 12.4 Å². The first-order valence-electron chi connectivity index (χ1n) is 8.01. The zero-order chi connectivity index (χ0) is 17.8. The number of hydrogen-bond donors (Lipinski definition) is 1. The fourth-order valence-electron chi connectivity index (χ4n) is 2.49. The lowest BCUT2D eigenvalue weighted by Gasteiger charge is -2.09. The Hall–Kier alpha value is -2.66. The van der Waals surface area contributed by atoms with E-state index in [9.17, 15) is 4.79 Å². The molecule has 3 aromatic rings. The lowest BCUT2D eigenvalue weighted by molar-refractivity contribution is 0.102. The summed E-state index contributed by atoms with van der Waals surface area (Å²) >= 11 is 1.50. The second kappa shape index (κ2) is 7.49. The van der Waals surface area contributed by atoms with Crippen LogP contribution in [0.4, 0.5) is 5.69 Å². The molecule has 0 atom stereocenters. The van der Waals surface area contributed by atoms with E-state index in [1.54, 1.807) is 12.5 Å². The number of carbonyl (C=O) groups excluding carboxylic acids is 1. The molecule has 0 spiro atoms. The van der Waals surface area contributed by atoms with Crippen LogP contribution in [0.5, 0.6) is 5.75 Å². The van der Waals surface area contributed by atoms with Crippen molar-refractivity contribution in [3.05, 3.63) is 75.2 Å². The number of methoxy groups -OCH3 is 1. The SMILES string of the molecule is COc1ccc(Cc2nc(C(=O)Nc3cccc(C)c3C)cs2)cc1. The summed E-state index contributed by atoms with van der Waals surface area (Å²) < 4.78 is 5.16. The molecule has 0 aliphatic rings. The van der Waals surface area contributed by atoms with Crippen molar-refractivity contribution in [1.29, 1.82) is 0 Å². The second-order valence-electron chi connectivity index (χ2n) is 5.85. The van der Waals surface area contributed by atoms with Gasteiger partial charge in [0.1, 0.15) is 11.4 Å². The normalized spacial score (nSPS) is 10.5. The van der Waals surface area contributed by atoms with E-state index < -0.39 is 0 Å². The van der Waals surface area contributed by atoms with E-state index in [4.69, 9.17) is 4.74 Å². The van der Waals surface area contributed by atoms with Crippen LogP contribution in [0, 0.1) is 13.8 Å². The highest BCUT2D eigenvalue weighted by molar-refractivity contribution is 7.09. The zero-order valence-electron chi connectivity index (χ0n) is 14.5. The maximum atomic E-state index is 12.4. The molecule has 1 aromatic heterocycles. The van der Waals surface area contributed by atoms with Gasteiger partial charge in [-0.15, -0.1) is 11.3 Å². The fourth-order valence-corrected chi connectivity index (χ4v) is 3.30. The van der Waals surface area contributed by atoms with Gasteiger partial charge in [-0.3, -0.25) is 4.79 Å². The van der Waals surface area contributed by atoms with Crippen LogP contribution < -0.4 is 10.1 Å². The third kappa shape index (κ3) is 4.06. The summed E-state index contributed by atoms with van der Waals surface area (Å²) in [5.74, 6) is 0.655. The number of nitrogens with one attached hydrogen (secondary N) is 1. The summed E-state index contributed by atoms with van der Waals surface area (Å²) in [4.78, 5) is 16.9. The Morgan fingerprint density at radius 2 is 1.92 bits per heavy atom. The van der Waals surface area contributed by atoms with Crippen LogP contribution in [0.15, 0.2) is 47.8 Å². The van der Waals surface area contributed by atoms with Crippen molar-refractivity contribution >= 4 is 22.9 Å². The Labute approximate surface area is 151 Å². The molecule has 25 heavy (non-hydrogen) atoms. The largest absolute Gasteiger partial charge is 0.497 e. The number of nitrogens with zero attached hydrogens (tertiary/aromatic N) is 1. The molecule has 0 radical (unpaired) electrons. The monoisotopic (exact) mass is 352 g/mol. The van der Waals surface area contributed by atoms with E-state index in [2.05, 4.69) is 10.3 Å². The molecule has 2 aromatic carbocycles. The highest BCUT2D eigenvalue weighted by Gasteiger charge is 2.13. The molecule has 0 saturated heterocycles. The number of rotatable bonds is 5. The molecule has 0 aliphatic carbocycles. The van der Waals surface area contributed by atoms with E-state index in [1.165, 1.54) is 11.3 Å². The topological polar surface area (TPSA) is 51.2 Å². The molecular weight excluding hydrogens is 332 g/mol. The Morgan fingerprint density at radius 1 is 1.16 bits per heavy atom. The van der Waals surface area contributed by atoms with Gasteiger partial charge in [-0.05, 0) is 48.7 Å². The quantitative estimate of drug-likeness (QED) is 0.729. The Balaban J connectivity index is 1.69. The average Bonchev–Trinajstić information content (AvgIpc) is 3.08. The molecule has 0 aliphatic heterocycles. The molecule has 1 N–H and O–H groups in total. The highest BCUT2D eigenvalue weighted by Crippen LogP contribution is 2.21. The number of ether oxygens (including phenoxy) is 1. The molecule has 0 unspecified atom stereocenters. The third-order valence-corrected chi connectivity index (χ3v) is 5.00. The van der Waals surface area contributed by atoms with Crippen LogP contribution in [0.25, 0.3) is 0 Å². The van der Waals surface area contributed by atoms with Gasteiger partial charge in [0.25, 0.3) is 5.91 Å². The van der Waals surface area contributed by atoms with Crippen LogP contribution in [-0.2, 0) is 6.42 Å². The first kappa shape index (κ1) is 17.2. The van der Waals surface area contributed by atoms with E-state index in [0.717, 1.165) is 33.1 Å². The van der Waals surface area contributed by atoms with E-state index in [-0.39, 0.29) is 5.91 Å².